The molecule has 3 rings (SSSR count). The van der Waals surface area contributed by atoms with Crippen molar-refractivity contribution in [1.29, 1.82) is 0 Å². The number of amides is 2. The summed E-state index contributed by atoms with van der Waals surface area (Å²) in [4.78, 5) is 28.1. The van der Waals surface area contributed by atoms with E-state index in [0.29, 0.717) is 31.3 Å². The van der Waals surface area contributed by atoms with Gasteiger partial charge < -0.3 is 15.1 Å². The Morgan fingerprint density at radius 1 is 1.14 bits per heavy atom. The molecule has 28 heavy (non-hydrogen) atoms. The van der Waals surface area contributed by atoms with Crippen molar-refractivity contribution in [3.8, 4) is 0 Å². The van der Waals surface area contributed by atoms with Gasteiger partial charge in [0.1, 0.15) is 6.54 Å². The smallest absolute Gasteiger partial charge is 0.341 e. The van der Waals surface area contributed by atoms with Gasteiger partial charge in [0.05, 0.1) is 12.0 Å². The topological polar surface area (TPSA) is 52.7 Å². The van der Waals surface area contributed by atoms with Crippen LogP contribution in [0.3, 0.4) is 0 Å². The number of nitrogens with one attached hydrogen (secondary N) is 1. The zero-order valence-electron chi connectivity index (χ0n) is 16.3. The SMILES string of the molecule is CCN(CC(F)(F)F)C(=O)C1CCCN(C(=O)C2CC3CCCCC3N2)C1.Cl. The van der Waals surface area contributed by atoms with Crippen LogP contribution < -0.4 is 5.32 Å². The summed E-state index contributed by atoms with van der Waals surface area (Å²) < 4.78 is 38.1. The fourth-order valence-corrected chi connectivity index (χ4v) is 4.93. The van der Waals surface area contributed by atoms with Crippen LogP contribution in [-0.4, -0.2) is 66.1 Å². The summed E-state index contributed by atoms with van der Waals surface area (Å²) in [5.74, 6) is -0.452. The van der Waals surface area contributed by atoms with E-state index >= 15 is 0 Å². The number of halogens is 4. The summed E-state index contributed by atoms with van der Waals surface area (Å²) in [6, 6.07) is 0.210. The zero-order chi connectivity index (χ0) is 19.6. The highest BCUT2D eigenvalue weighted by atomic mass is 35.5. The first-order valence-electron chi connectivity index (χ1n) is 10.2. The van der Waals surface area contributed by atoms with Gasteiger partial charge >= 0.3 is 6.18 Å². The molecule has 2 saturated heterocycles. The predicted octanol–water partition coefficient (Wildman–Crippen LogP) is 2.98. The molecule has 0 aromatic heterocycles. The van der Waals surface area contributed by atoms with E-state index in [9.17, 15) is 22.8 Å². The van der Waals surface area contributed by atoms with Crippen LogP contribution in [0.2, 0.25) is 0 Å². The first kappa shape index (κ1) is 23.3. The van der Waals surface area contributed by atoms with E-state index in [-0.39, 0.29) is 37.4 Å². The molecule has 4 atom stereocenters. The highest BCUT2D eigenvalue weighted by molar-refractivity contribution is 5.85. The van der Waals surface area contributed by atoms with Crippen LogP contribution in [0, 0.1) is 11.8 Å². The van der Waals surface area contributed by atoms with E-state index < -0.39 is 24.5 Å². The number of hydrogen-bond donors (Lipinski definition) is 1. The minimum absolute atomic E-state index is 0. The molecular weight excluding hydrogens is 395 g/mol. The molecule has 1 N–H and O–H groups in total. The summed E-state index contributed by atoms with van der Waals surface area (Å²) in [5.41, 5.74) is 0. The molecule has 4 unspecified atom stereocenters. The van der Waals surface area contributed by atoms with Crippen LogP contribution in [0.1, 0.15) is 51.9 Å². The van der Waals surface area contributed by atoms with Gasteiger partial charge in [0.15, 0.2) is 0 Å². The van der Waals surface area contributed by atoms with Gasteiger partial charge in [-0.1, -0.05) is 12.8 Å². The first-order chi connectivity index (χ1) is 12.8. The Morgan fingerprint density at radius 2 is 1.86 bits per heavy atom. The lowest BCUT2D eigenvalue weighted by atomic mass is 9.85. The third-order valence-corrected chi connectivity index (χ3v) is 6.31. The van der Waals surface area contributed by atoms with Gasteiger partial charge in [-0.2, -0.15) is 13.2 Å². The monoisotopic (exact) mass is 425 g/mol. The molecule has 2 heterocycles. The van der Waals surface area contributed by atoms with Crippen molar-refractivity contribution >= 4 is 24.2 Å². The van der Waals surface area contributed by atoms with Gasteiger partial charge in [0.2, 0.25) is 11.8 Å². The van der Waals surface area contributed by atoms with Crippen LogP contribution in [-0.2, 0) is 9.59 Å². The number of rotatable bonds is 4. The van der Waals surface area contributed by atoms with Crippen molar-refractivity contribution in [3.05, 3.63) is 0 Å². The summed E-state index contributed by atoms with van der Waals surface area (Å²) in [7, 11) is 0. The third-order valence-electron chi connectivity index (χ3n) is 6.31. The Bertz CT molecular complexity index is 547. The first-order valence-corrected chi connectivity index (χ1v) is 10.2. The molecule has 5 nitrogen and oxygen atoms in total. The molecule has 3 fully saturated rings. The minimum Gasteiger partial charge on any atom is -0.341 e. The third kappa shape index (κ3) is 5.53. The number of likely N-dealkylation sites (tertiary alicyclic amines) is 1. The van der Waals surface area contributed by atoms with Gasteiger partial charge in [-0.3, -0.25) is 9.59 Å². The van der Waals surface area contributed by atoms with Crippen molar-refractivity contribution in [2.75, 3.05) is 26.2 Å². The predicted molar refractivity (Wildman–Crippen MR) is 102 cm³/mol. The summed E-state index contributed by atoms with van der Waals surface area (Å²) >= 11 is 0. The van der Waals surface area contributed by atoms with Crippen LogP contribution in [0.25, 0.3) is 0 Å². The Balaban J connectivity index is 0.00000280. The van der Waals surface area contributed by atoms with Crippen LogP contribution in [0.5, 0.6) is 0 Å². The Labute approximate surface area is 170 Å². The lowest BCUT2D eigenvalue weighted by Crippen LogP contribution is -2.52. The molecule has 0 aromatic carbocycles. The Hall–Kier alpha value is -1.02. The van der Waals surface area contributed by atoms with Crippen molar-refractivity contribution in [2.24, 2.45) is 11.8 Å². The highest BCUT2D eigenvalue weighted by Gasteiger charge is 2.42. The number of carbonyl (C=O) groups is 2. The van der Waals surface area contributed by atoms with Gasteiger partial charge in [-0.15, -0.1) is 12.4 Å². The second-order valence-corrected chi connectivity index (χ2v) is 8.20. The van der Waals surface area contributed by atoms with Crippen molar-refractivity contribution < 1.29 is 22.8 Å². The quantitative estimate of drug-likeness (QED) is 0.753. The Kier molecular flexibility index (Phi) is 8.02. The van der Waals surface area contributed by atoms with Crippen molar-refractivity contribution in [3.63, 3.8) is 0 Å². The average molecular weight is 426 g/mol. The van der Waals surface area contributed by atoms with E-state index in [1.807, 2.05) is 0 Å². The second-order valence-electron chi connectivity index (χ2n) is 8.20. The summed E-state index contributed by atoms with van der Waals surface area (Å²) in [6.45, 7) is 1.18. The molecule has 0 spiro atoms. The second kappa shape index (κ2) is 9.65. The van der Waals surface area contributed by atoms with E-state index in [0.717, 1.165) is 24.2 Å². The van der Waals surface area contributed by atoms with E-state index in [4.69, 9.17) is 0 Å². The number of carbonyl (C=O) groups excluding carboxylic acids is 2. The molecule has 1 saturated carbocycles. The zero-order valence-corrected chi connectivity index (χ0v) is 17.2. The van der Waals surface area contributed by atoms with Crippen molar-refractivity contribution in [1.82, 2.24) is 15.1 Å². The number of fused-ring (bicyclic) bond motifs is 1. The van der Waals surface area contributed by atoms with Gasteiger partial charge in [0, 0.05) is 25.7 Å². The summed E-state index contributed by atoms with van der Waals surface area (Å²) in [5, 5.41) is 3.46. The standard InChI is InChI=1S/C19H30F3N3O2.ClH/c1-2-24(12-19(20,21)22)17(26)14-7-5-9-25(11-14)18(27)16-10-13-6-3-4-8-15(13)23-16;/h13-16,23H,2-12H2,1H3;1H. The normalized spacial score (nSPS) is 30.4. The van der Waals surface area contributed by atoms with E-state index in [1.54, 1.807) is 11.8 Å². The molecule has 0 radical (unpaired) electrons. The minimum atomic E-state index is -4.40. The van der Waals surface area contributed by atoms with Gasteiger partial charge in [-0.25, -0.2) is 0 Å². The molecular formula is C19H31ClF3N3O2. The number of hydrogen-bond acceptors (Lipinski definition) is 3. The fraction of sp³-hybridized carbons (Fsp3) is 0.895. The Morgan fingerprint density at radius 3 is 2.50 bits per heavy atom. The molecule has 0 aromatic rings. The largest absolute Gasteiger partial charge is 0.406 e. The number of nitrogens with zero attached hydrogens (tertiary/aromatic N) is 2. The summed E-state index contributed by atoms with van der Waals surface area (Å²) in [6.07, 6.45) is 2.32. The molecule has 0 bridgehead atoms. The van der Waals surface area contributed by atoms with Gasteiger partial charge in [-0.05, 0) is 44.9 Å². The van der Waals surface area contributed by atoms with E-state index in [2.05, 4.69) is 5.32 Å². The number of piperidine rings is 1. The average Bonchev–Trinajstić information content (AvgIpc) is 3.08. The lowest BCUT2D eigenvalue weighted by molar-refractivity contribution is -0.165. The maximum atomic E-state index is 12.9. The molecule has 2 aliphatic heterocycles. The van der Waals surface area contributed by atoms with Crippen LogP contribution >= 0.6 is 12.4 Å². The van der Waals surface area contributed by atoms with Crippen molar-refractivity contribution in [2.45, 2.75) is 70.1 Å². The van der Waals surface area contributed by atoms with Crippen LogP contribution in [0.15, 0.2) is 0 Å². The molecule has 3 aliphatic rings. The highest BCUT2D eigenvalue weighted by Crippen LogP contribution is 2.34. The van der Waals surface area contributed by atoms with Crippen LogP contribution in [0.4, 0.5) is 13.2 Å². The van der Waals surface area contributed by atoms with E-state index in [1.165, 1.54) is 12.8 Å². The lowest BCUT2D eigenvalue weighted by Gasteiger charge is -2.36. The molecule has 1 aliphatic carbocycles. The molecule has 9 heteroatoms. The number of alkyl halides is 3. The maximum Gasteiger partial charge on any atom is 0.406 e. The molecule has 2 amide bonds. The maximum absolute atomic E-state index is 12.9. The molecule has 162 valence electrons. The van der Waals surface area contributed by atoms with Gasteiger partial charge in [0.25, 0.3) is 0 Å². The fourth-order valence-electron chi connectivity index (χ4n) is 4.93.